The van der Waals surface area contributed by atoms with E-state index in [2.05, 4.69) is 107 Å². The van der Waals surface area contributed by atoms with Crippen molar-refractivity contribution in [2.24, 2.45) is 0 Å². The van der Waals surface area contributed by atoms with Crippen molar-refractivity contribution in [3.8, 4) is 11.1 Å². The Bertz CT molecular complexity index is 1200. The third-order valence-electron chi connectivity index (χ3n) is 5.08. The third-order valence-corrected chi connectivity index (χ3v) is 5.08. The molecule has 0 unspecified atom stereocenters. The summed E-state index contributed by atoms with van der Waals surface area (Å²) in [5.41, 5.74) is 6.71. The van der Waals surface area contributed by atoms with Crippen molar-refractivity contribution in [2.75, 3.05) is 4.90 Å². The minimum atomic E-state index is 1.03. The molecule has 0 aliphatic carbocycles. The number of para-hydroxylation sites is 3. The van der Waals surface area contributed by atoms with Crippen LogP contribution in [0.2, 0.25) is 0 Å². The van der Waals surface area contributed by atoms with Crippen molar-refractivity contribution in [3.05, 3.63) is 121 Å². The minimum Gasteiger partial charge on any atom is -0.310 e. The molecule has 2 nitrogen and oxygen atoms in total. The largest absolute Gasteiger partial charge is 0.310 e. The van der Waals surface area contributed by atoms with E-state index >= 15 is 0 Å². The van der Waals surface area contributed by atoms with Crippen molar-refractivity contribution in [3.63, 3.8) is 0 Å². The highest BCUT2D eigenvalue weighted by Gasteiger charge is 2.13. The molecule has 0 saturated heterocycles. The first-order chi connectivity index (χ1) is 15.4. The lowest BCUT2D eigenvalue weighted by Gasteiger charge is -2.26. The Morgan fingerprint density at radius 2 is 1.13 bits per heavy atom. The molecule has 0 amide bonds. The molecule has 0 aliphatic rings. The van der Waals surface area contributed by atoms with Crippen LogP contribution in [0, 0.1) is 0 Å². The predicted molar refractivity (Wildman–Crippen MR) is 133 cm³/mol. The van der Waals surface area contributed by atoms with Gasteiger partial charge in [0.15, 0.2) is 0 Å². The molecule has 1 aromatic heterocycles. The van der Waals surface area contributed by atoms with Crippen LogP contribution in [-0.4, -0.2) is 4.98 Å². The molecule has 5 aromatic rings. The molecular formula is C29H26N2. The lowest BCUT2D eigenvalue weighted by Crippen LogP contribution is -2.09. The fourth-order valence-electron chi connectivity index (χ4n) is 3.75. The predicted octanol–water partition coefficient (Wildman–Crippen LogP) is 8.40. The van der Waals surface area contributed by atoms with E-state index in [0.717, 1.165) is 39.1 Å². The Balaban J connectivity index is 0.00000112. The first kappa shape index (κ1) is 20.4. The summed E-state index contributed by atoms with van der Waals surface area (Å²) in [7, 11) is 0. The Labute approximate surface area is 184 Å². The topological polar surface area (TPSA) is 16.1 Å². The number of aromatic nitrogens is 1. The van der Waals surface area contributed by atoms with Crippen LogP contribution in [-0.2, 0) is 0 Å². The maximum absolute atomic E-state index is 4.63. The minimum absolute atomic E-state index is 1.03. The first-order valence-corrected chi connectivity index (χ1v) is 10.7. The summed E-state index contributed by atoms with van der Waals surface area (Å²) in [4.78, 5) is 6.91. The highest BCUT2D eigenvalue weighted by Crippen LogP contribution is 2.37. The smallest absolute Gasteiger partial charge is 0.0780 e. The van der Waals surface area contributed by atoms with E-state index < -0.39 is 0 Å². The molecule has 0 bridgehead atoms. The molecule has 0 radical (unpaired) electrons. The number of fused-ring (bicyclic) bond motifs is 1. The summed E-state index contributed by atoms with van der Waals surface area (Å²) >= 11 is 0. The summed E-state index contributed by atoms with van der Waals surface area (Å²) in [6, 6.07) is 40.0. The van der Waals surface area contributed by atoms with Crippen LogP contribution in [0.4, 0.5) is 17.1 Å². The number of benzene rings is 4. The van der Waals surface area contributed by atoms with E-state index in [1.807, 2.05) is 38.2 Å². The molecule has 5 rings (SSSR count). The summed E-state index contributed by atoms with van der Waals surface area (Å²) in [6.07, 6.45) is 1.86. The van der Waals surface area contributed by atoms with Crippen molar-refractivity contribution in [2.45, 2.75) is 13.8 Å². The van der Waals surface area contributed by atoms with Gasteiger partial charge in [0.2, 0.25) is 0 Å². The Hall–Kier alpha value is -3.91. The van der Waals surface area contributed by atoms with E-state index in [1.54, 1.807) is 0 Å². The number of rotatable bonds is 4. The van der Waals surface area contributed by atoms with Gasteiger partial charge in [0.05, 0.1) is 5.52 Å². The summed E-state index contributed by atoms with van der Waals surface area (Å²) in [5.74, 6) is 0. The normalized spacial score (nSPS) is 10.3. The molecule has 31 heavy (non-hydrogen) atoms. The van der Waals surface area contributed by atoms with Gasteiger partial charge in [0.25, 0.3) is 0 Å². The summed E-state index contributed by atoms with van der Waals surface area (Å²) in [5, 5.41) is 1.15. The molecule has 152 valence electrons. The van der Waals surface area contributed by atoms with Gasteiger partial charge in [-0.1, -0.05) is 86.6 Å². The van der Waals surface area contributed by atoms with Crippen LogP contribution in [0.1, 0.15) is 13.8 Å². The third kappa shape index (κ3) is 4.34. The molecule has 0 fully saturated rings. The van der Waals surface area contributed by atoms with E-state index in [1.165, 1.54) is 0 Å². The fourth-order valence-corrected chi connectivity index (χ4v) is 3.75. The summed E-state index contributed by atoms with van der Waals surface area (Å²) in [6.45, 7) is 4.00. The van der Waals surface area contributed by atoms with Gasteiger partial charge in [-0.05, 0) is 48.0 Å². The molecule has 0 saturated carbocycles. The zero-order chi connectivity index (χ0) is 21.5. The number of anilines is 3. The highest BCUT2D eigenvalue weighted by atomic mass is 15.1. The van der Waals surface area contributed by atoms with Gasteiger partial charge < -0.3 is 4.90 Å². The second kappa shape index (κ2) is 9.73. The molecule has 0 N–H and O–H groups in total. The summed E-state index contributed by atoms with van der Waals surface area (Å²) < 4.78 is 0. The Kier molecular flexibility index (Phi) is 6.39. The monoisotopic (exact) mass is 402 g/mol. The molecular weight excluding hydrogens is 376 g/mol. The fraction of sp³-hybridized carbons (Fsp3) is 0.0690. The van der Waals surface area contributed by atoms with Gasteiger partial charge in [0.1, 0.15) is 0 Å². The SMILES string of the molecule is CC.c1ccc(N(c2ccccc2)c2cccc(-c3cccc4cccnc34)c2)cc1. The maximum atomic E-state index is 4.63. The van der Waals surface area contributed by atoms with Gasteiger partial charge in [-0.2, -0.15) is 0 Å². The molecule has 1 heterocycles. The quantitative estimate of drug-likeness (QED) is 0.300. The maximum Gasteiger partial charge on any atom is 0.0780 e. The van der Waals surface area contributed by atoms with E-state index in [-0.39, 0.29) is 0 Å². The number of hydrogen-bond acceptors (Lipinski definition) is 2. The van der Waals surface area contributed by atoms with Gasteiger partial charge in [-0.3, -0.25) is 4.98 Å². The van der Waals surface area contributed by atoms with Gasteiger partial charge in [-0.25, -0.2) is 0 Å². The van der Waals surface area contributed by atoms with Crippen LogP contribution in [0.25, 0.3) is 22.0 Å². The van der Waals surface area contributed by atoms with Crippen molar-refractivity contribution in [1.29, 1.82) is 0 Å². The van der Waals surface area contributed by atoms with Gasteiger partial charge in [-0.15, -0.1) is 0 Å². The van der Waals surface area contributed by atoms with E-state index in [0.29, 0.717) is 0 Å². The standard InChI is InChI=1S/C27H20N2.C2H6/c1-3-13-23(14-4-1)29(24-15-5-2-6-16-24)25-17-7-11-22(20-25)26-18-8-10-21-12-9-19-28-27(21)26;1-2/h1-20H;1-2H3. The molecule has 2 heteroatoms. The zero-order valence-electron chi connectivity index (χ0n) is 17.9. The lowest BCUT2D eigenvalue weighted by atomic mass is 10.0. The second-order valence-corrected chi connectivity index (χ2v) is 6.94. The number of nitrogens with zero attached hydrogens (tertiary/aromatic N) is 2. The highest BCUT2D eigenvalue weighted by molar-refractivity contribution is 5.94. The number of pyridine rings is 1. The molecule has 0 atom stereocenters. The van der Waals surface area contributed by atoms with Crippen LogP contribution < -0.4 is 4.90 Å². The van der Waals surface area contributed by atoms with E-state index in [4.69, 9.17) is 0 Å². The average Bonchev–Trinajstić information content (AvgIpc) is 2.87. The van der Waals surface area contributed by atoms with Crippen molar-refractivity contribution < 1.29 is 0 Å². The van der Waals surface area contributed by atoms with Crippen LogP contribution >= 0.6 is 0 Å². The Morgan fingerprint density at radius 3 is 1.81 bits per heavy atom. The lowest BCUT2D eigenvalue weighted by molar-refractivity contribution is 1.28. The molecule has 4 aromatic carbocycles. The number of hydrogen-bond donors (Lipinski definition) is 0. The first-order valence-electron chi connectivity index (χ1n) is 10.7. The van der Waals surface area contributed by atoms with Crippen molar-refractivity contribution >= 4 is 28.0 Å². The second-order valence-electron chi connectivity index (χ2n) is 6.94. The van der Waals surface area contributed by atoms with Gasteiger partial charge >= 0.3 is 0 Å². The molecule has 0 spiro atoms. The molecule has 0 aliphatic heterocycles. The van der Waals surface area contributed by atoms with Crippen LogP contribution in [0.15, 0.2) is 121 Å². The van der Waals surface area contributed by atoms with Crippen LogP contribution in [0.3, 0.4) is 0 Å². The van der Waals surface area contributed by atoms with E-state index in [9.17, 15) is 0 Å². The van der Waals surface area contributed by atoms with Crippen LogP contribution in [0.5, 0.6) is 0 Å². The van der Waals surface area contributed by atoms with Gasteiger partial charge in [0, 0.05) is 34.2 Å². The van der Waals surface area contributed by atoms with Crippen molar-refractivity contribution in [1.82, 2.24) is 4.98 Å². The zero-order valence-corrected chi connectivity index (χ0v) is 17.9. The average molecular weight is 403 g/mol. The Morgan fingerprint density at radius 1 is 0.548 bits per heavy atom.